The molecule has 108 valence electrons. The summed E-state index contributed by atoms with van der Waals surface area (Å²) in [4.78, 5) is 25.5. The average molecular weight is 299 g/mol. The Hall–Kier alpha value is -1.79. The van der Waals surface area contributed by atoms with Crippen molar-refractivity contribution in [2.45, 2.75) is 6.10 Å². The minimum Gasteiger partial charge on any atom is -0.491 e. The lowest BCUT2D eigenvalue weighted by Crippen LogP contribution is -2.40. The molecule has 1 heterocycles. The van der Waals surface area contributed by atoms with Crippen molar-refractivity contribution in [2.75, 3.05) is 26.7 Å². The highest BCUT2D eigenvalue weighted by Gasteiger charge is 2.34. The summed E-state index contributed by atoms with van der Waals surface area (Å²) in [5.74, 6) is 0.243. The molecule has 0 radical (unpaired) electrons. The third kappa shape index (κ3) is 3.40. The van der Waals surface area contributed by atoms with Gasteiger partial charge in [-0.25, -0.2) is 4.79 Å². The zero-order chi connectivity index (χ0) is 14.7. The third-order valence-corrected chi connectivity index (χ3v) is 3.13. The van der Waals surface area contributed by atoms with E-state index in [0.717, 1.165) is 4.90 Å². The van der Waals surface area contributed by atoms with E-state index in [0.29, 0.717) is 10.8 Å². The van der Waals surface area contributed by atoms with E-state index in [1.807, 2.05) is 0 Å². The Kier molecular flexibility index (Phi) is 4.46. The third-order valence-electron chi connectivity index (χ3n) is 2.88. The molecule has 0 spiro atoms. The summed E-state index contributed by atoms with van der Waals surface area (Å²) in [6.45, 7) is -0.0401. The second-order valence-corrected chi connectivity index (χ2v) is 5.00. The quantitative estimate of drug-likeness (QED) is 0.823. The molecular weight excluding hydrogens is 284 g/mol. The molecule has 1 saturated heterocycles. The van der Waals surface area contributed by atoms with E-state index in [1.165, 1.54) is 11.9 Å². The topological polar surface area (TPSA) is 70.1 Å². The molecule has 1 aliphatic heterocycles. The first kappa shape index (κ1) is 14.6. The van der Waals surface area contributed by atoms with Crippen molar-refractivity contribution < 1.29 is 19.4 Å². The number of nitrogens with zero attached hydrogens (tertiary/aromatic N) is 2. The zero-order valence-electron chi connectivity index (χ0n) is 11.0. The lowest BCUT2D eigenvalue weighted by molar-refractivity contribution is -0.126. The van der Waals surface area contributed by atoms with Crippen LogP contribution in [0.3, 0.4) is 0 Å². The summed E-state index contributed by atoms with van der Waals surface area (Å²) < 4.78 is 5.36. The fraction of sp³-hybridized carbons (Fsp3) is 0.385. The minimum atomic E-state index is -0.940. The maximum atomic E-state index is 11.6. The Morgan fingerprint density at radius 3 is 2.55 bits per heavy atom. The molecule has 1 N–H and O–H groups in total. The Labute approximate surface area is 121 Å². The molecule has 3 amide bonds. The zero-order valence-corrected chi connectivity index (χ0v) is 11.7. The number of benzene rings is 1. The summed E-state index contributed by atoms with van der Waals surface area (Å²) in [7, 11) is 1.54. The molecule has 2 rings (SSSR count). The van der Waals surface area contributed by atoms with Gasteiger partial charge in [0.15, 0.2) is 0 Å². The van der Waals surface area contributed by atoms with E-state index >= 15 is 0 Å². The highest BCUT2D eigenvalue weighted by atomic mass is 35.5. The van der Waals surface area contributed by atoms with Crippen molar-refractivity contribution in [3.8, 4) is 5.75 Å². The number of amides is 3. The first-order valence-corrected chi connectivity index (χ1v) is 6.47. The molecule has 20 heavy (non-hydrogen) atoms. The second kappa shape index (κ2) is 6.11. The number of hydrogen-bond acceptors (Lipinski definition) is 4. The first-order valence-electron chi connectivity index (χ1n) is 6.09. The van der Waals surface area contributed by atoms with Gasteiger partial charge in [0.05, 0.1) is 6.54 Å². The van der Waals surface area contributed by atoms with Gasteiger partial charge in [0.25, 0.3) is 0 Å². The Bertz CT molecular complexity index is 506. The van der Waals surface area contributed by atoms with Gasteiger partial charge >= 0.3 is 6.03 Å². The summed E-state index contributed by atoms with van der Waals surface area (Å²) in [6, 6.07) is 6.29. The van der Waals surface area contributed by atoms with Gasteiger partial charge in [-0.2, -0.15) is 0 Å². The van der Waals surface area contributed by atoms with E-state index in [4.69, 9.17) is 16.3 Å². The largest absolute Gasteiger partial charge is 0.491 e. The smallest absolute Gasteiger partial charge is 0.327 e. The van der Waals surface area contributed by atoms with Crippen molar-refractivity contribution >= 4 is 23.5 Å². The van der Waals surface area contributed by atoms with Crippen LogP contribution in [-0.4, -0.2) is 59.7 Å². The summed E-state index contributed by atoms with van der Waals surface area (Å²) in [5.41, 5.74) is 0. The van der Waals surface area contributed by atoms with E-state index in [2.05, 4.69) is 0 Å². The minimum absolute atomic E-state index is 0.0115. The number of imide groups is 1. The van der Waals surface area contributed by atoms with E-state index in [9.17, 15) is 14.7 Å². The van der Waals surface area contributed by atoms with Crippen LogP contribution in [0.5, 0.6) is 5.75 Å². The number of carbonyl (C=O) groups excluding carboxylic acids is 2. The number of aliphatic hydroxyl groups excluding tert-OH is 1. The predicted molar refractivity (Wildman–Crippen MR) is 72.7 cm³/mol. The number of urea groups is 1. The second-order valence-electron chi connectivity index (χ2n) is 4.56. The standard InChI is InChI=1S/C13H15ClN2O4/c1-15-7-12(18)16(13(15)19)6-10(17)8-20-11-4-2-9(14)3-5-11/h2-5,10,17H,6-8H2,1H3/t10-/m0/s1. The van der Waals surface area contributed by atoms with Gasteiger partial charge < -0.3 is 14.7 Å². The molecular formula is C13H15ClN2O4. The Morgan fingerprint density at radius 2 is 2.00 bits per heavy atom. The molecule has 1 atom stereocenters. The highest BCUT2D eigenvalue weighted by molar-refractivity contribution is 6.30. The molecule has 1 aliphatic rings. The number of β-amino-alcohol motifs (C(OH)–C–C–N with tert-alkyl or cyclic N) is 1. The maximum absolute atomic E-state index is 11.6. The normalized spacial score (nSPS) is 16.8. The molecule has 1 aromatic rings. The Morgan fingerprint density at radius 1 is 1.35 bits per heavy atom. The van der Waals surface area contributed by atoms with E-state index in [1.54, 1.807) is 24.3 Å². The molecule has 1 aromatic carbocycles. The number of likely N-dealkylation sites (N-methyl/N-ethyl adjacent to an activating group) is 1. The van der Waals surface area contributed by atoms with Crippen LogP contribution in [0.15, 0.2) is 24.3 Å². The van der Waals surface area contributed by atoms with Crippen LogP contribution >= 0.6 is 11.6 Å². The lowest BCUT2D eigenvalue weighted by atomic mass is 10.3. The van der Waals surface area contributed by atoms with Crippen molar-refractivity contribution in [3.63, 3.8) is 0 Å². The highest BCUT2D eigenvalue weighted by Crippen LogP contribution is 2.16. The SMILES string of the molecule is CN1CC(=O)N(C[C@H](O)COc2ccc(Cl)cc2)C1=O. The van der Waals surface area contributed by atoms with E-state index in [-0.39, 0.29) is 25.6 Å². The fourth-order valence-corrected chi connectivity index (χ4v) is 1.96. The van der Waals surface area contributed by atoms with Gasteiger partial charge in [-0.1, -0.05) is 11.6 Å². The number of ether oxygens (including phenoxy) is 1. The van der Waals surface area contributed by atoms with Crippen LogP contribution in [0.4, 0.5) is 4.79 Å². The van der Waals surface area contributed by atoms with Crippen LogP contribution in [0.1, 0.15) is 0 Å². The monoisotopic (exact) mass is 298 g/mol. The number of halogens is 1. The predicted octanol–water partition coefficient (Wildman–Crippen LogP) is 0.974. The van der Waals surface area contributed by atoms with Crippen molar-refractivity contribution in [3.05, 3.63) is 29.3 Å². The Balaban J connectivity index is 1.83. The summed E-state index contributed by atoms with van der Waals surface area (Å²) >= 11 is 5.74. The molecule has 1 fully saturated rings. The van der Waals surface area contributed by atoms with Crippen LogP contribution < -0.4 is 4.74 Å². The summed E-state index contributed by atoms with van der Waals surface area (Å²) in [5, 5.41) is 10.4. The number of aliphatic hydroxyl groups is 1. The molecule has 0 bridgehead atoms. The maximum Gasteiger partial charge on any atom is 0.327 e. The number of carbonyl (C=O) groups is 2. The first-order chi connectivity index (χ1) is 9.47. The fourth-order valence-electron chi connectivity index (χ4n) is 1.84. The van der Waals surface area contributed by atoms with Crippen molar-refractivity contribution in [1.82, 2.24) is 9.80 Å². The van der Waals surface area contributed by atoms with Crippen LogP contribution in [-0.2, 0) is 4.79 Å². The molecule has 0 aliphatic carbocycles. The number of hydrogen-bond donors (Lipinski definition) is 1. The van der Waals surface area contributed by atoms with Gasteiger partial charge in [-0.15, -0.1) is 0 Å². The van der Waals surface area contributed by atoms with Gasteiger partial charge in [-0.3, -0.25) is 9.69 Å². The molecule has 0 unspecified atom stereocenters. The average Bonchev–Trinajstić information content (AvgIpc) is 2.65. The summed E-state index contributed by atoms with van der Waals surface area (Å²) in [6.07, 6.45) is -0.940. The molecule has 0 aromatic heterocycles. The van der Waals surface area contributed by atoms with Crippen LogP contribution in [0.25, 0.3) is 0 Å². The van der Waals surface area contributed by atoms with Crippen LogP contribution in [0.2, 0.25) is 5.02 Å². The van der Waals surface area contributed by atoms with Crippen LogP contribution in [0, 0.1) is 0 Å². The van der Waals surface area contributed by atoms with Crippen molar-refractivity contribution in [1.29, 1.82) is 0 Å². The number of rotatable bonds is 5. The van der Waals surface area contributed by atoms with E-state index < -0.39 is 12.1 Å². The molecule has 6 nitrogen and oxygen atoms in total. The lowest BCUT2D eigenvalue weighted by Gasteiger charge is -2.18. The molecule has 7 heteroatoms. The molecule has 0 saturated carbocycles. The van der Waals surface area contributed by atoms with Gasteiger partial charge in [0.2, 0.25) is 5.91 Å². The van der Waals surface area contributed by atoms with Crippen molar-refractivity contribution in [2.24, 2.45) is 0 Å². The van der Waals surface area contributed by atoms with Gasteiger partial charge in [0, 0.05) is 12.1 Å². The van der Waals surface area contributed by atoms with Gasteiger partial charge in [-0.05, 0) is 24.3 Å². The van der Waals surface area contributed by atoms with Gasteiger partial charge in [0.1, 0.15) is 25.0 Å².